The number of hydrogen-bond acceptors (Lipinski definition) is 9. The first kappa shape index (κ1) is 32.5. The number of ether oxygens (including phenoxy) is 2. The van der Waals surface area contributed by atoms with E-state index >= 15 is 4.39 Å². The predicted octanol–water partition coefficient (Wildman–Crippen LogP) is 2.81. The predicted molar refractivity (Wildman–Crippen MR) is 166 cm³/mol. The lowest BCUT2D eigenvalue weighted by atomic mass is 10.1. The maximum atomic E-state index is 15.4. The number of carbonyl (C=O) groups is 2. The zero-order valence-corrected chi connectivity index (χ0v) is 25.3. The van der Waals surface area contributed by atoms with Gasteiger partial charge in [-0.3, -0.25) is 24.3 Å². The van der Waals surface area contributed by atoms with E-state index in [9.17, 15) is 18.0 Å². The maximum Gasteiger partial charge on any atom is 0.323 e. The van der Waals surface area contributed by atoms with Crippen molar-refractivity contribution in [2.75, 3.05) is 42.8 Å². The number of carbonyl (C=O) groups excluding carboxylic acids is 2. The number of benzene rings is 2. The Morgan fingerprint density at radius 3 is 2.57 bits per heavy atom. The summed E-state index contributed by atoms with van der Waals surface area (Å²) in [7, 11) is -4.49. The number of nitrogens with zero attached hydrogens (tertiary/aromatic N) is 3. The van der Waals surface area contributed by atoms with E-state index in [1.54, 1.807) is 18.2 Å². The van der Waals surface area contributed by atoms with Crippen LogP contribution >= 0.6 is 0 Å². The highest BCUT2D eigenvalue weighted by Crippen LogP contribution is 2.30. The molecule has 1 fully saturated rings. The molecule has 0 spiro atoms. The number of hydrogen-bond donors (Lipinski definition) is 3. The number of rotatable bonds is 12. The van der Waals surface area contributed by atoms with Crippen molar-refractivity contribution < 1.29 is 31.9 Å². The van der Waals surface area contributed by atoms with Crippen molar-refractivity contribution in [1.29, 1.82) is 5.41 Å². The minimum absolute atomic E-state index is 0.0417. The molecular formula is C30H37FN6O6S. The quantitative estimate of drug-likeness (QED) is 0.182. The molecule has 236 valence electrons. The largest absolute Gasteiger partial charge is 0.489 e. The number of nitrogens with one attached hydrogen (secondary N) is 1. The Hall–Kier alpha value is -4.46. The number of sulfonamides is 1. The van der Waals surface area contributed by atoms with Crippen molar-refractivity contribution in [3.63, 3.8) is 0 Å². The normalized spacial score (nSPS) is 15.9. The molecule has 2 aromatic carbocycles. The summed E-state index contributed by atoms with van der Waals surface area (Å²) in [6.07, 6.45) is 4.30. The third-order valence-electron chi connectivity index (χ3n) is 7.23. The molecule has 1 saturated heterocycles. The van der Waals surface area contributed by atoms with Gasteiger partial charge in [0.25, 0.3) is 5.91 Å². The average Bonchev–Trinajstić information content (AvgIpc) is 3.52. The Morgan fingerprint density at radius 1 is 1.18 bits per heavy atom. The second-order valence-electron chi connectivity index (χ2n) is 10.4. The molecule has 0 aromatic heterocycles. The van der Waals surface area contributed by atoms with Crippen LogP contribution in [0.3, 0.4) is 0 Å². The topological polar surface area (TPSA) is 181 Å². The molecule has 0 aliphatic carbocycles. The van der Waals surface area contributed by atoms with Crippen LogP contribution in [0.15, 0.2) is 53.3 Å². The number of nitrogen functional groups attached to an aromatic ring is 1. The molecule has 2 aliphatic heterocycles. The number of primary amides is 1. The highest BCUT2D eigenvalue weighted by Gasteiger charge is 2.30. The van der Waals surface area contributed by atoms with Gasteiger partial charge in [-0.25, -0.2) is 12.8 Å². The first-order chi connectivity index (χ1) is 21.0. The van der Waals surface area contributed by atoms with Gasteiger partial charge in [0.2, 0.25) is 10.0 Å². The molecule has 0 unspecified atom stereocenters. The van der Waals surface area contributed by atoms with Crippen molar-refractivity contribution in [1.82, 2.24) is 4.90 Å². The number of likely N-dealkylation sites (tertiary alicyclic amines) is 1. The van der Waals surface area contributed by atoms with E-state index < -0.39 is 40.0 Å². The van der Waals surface area contributed by atoms with E-state index in [-0.39, 0.29) is 35.5 Å². The molecule has 5 N–H and O–H groups in total. The SMILES string of the molecule is CCOC(=O)CS(=O)(=O)N(C/C(F)=C/c1cccc(C(=N)N)c1)c1ccc(OC2CCN(C3=NCCC3)CC2)c(C(N)=O)c1. The van der Waals surface area contributed by atoms with Gasteiger partial charge < -0.3 is 25.8 Å². The fraction of sp³-hybridized carbons (Fsp3) is 0.400. The van der Waals surface area contributed by atoms with Crippen molar-refractivity contribution in [2.24, 2.45) is 16.5 Å². The number of amides is 1. The highest BCUT2D eigenvalue weighted by atomic mass is 32.2. The first-order valence-corrected chi connectivity index (χ1v) is 15.9. The van der Waals surface area contributed by atoms with E-state index in [0.717, 1.165) is 44.4 Å². The second-order valence-corrected chi connectivity index (χ2v) is 12.3. The number of anilines is 1. The third-order valence-corrected chi connectivity index (χ3v) is 8.84. The molecule has 0 saturated carbocycles. The molecule has 1 amide bonds. The molecule has 0 bridgehead atoms. The van der Waals surface area contributed by atoms with Crippen LogP contribution in [0.25, 0.3) is 6.08 Å². The van der Waals surface area contributed by atoms with Gasteiger partial charge in [0.05, 0.1) is 30.2 Å². The first-order valence-electron chi connectivity index (χ1n) is 14.3. The Morgan fingerprint density at radius 2 is 1.93 bits per heavy atom. The summed E-state index contributed by atoms with van der Waals surface area (Å²) in [6, 6.07) is 10.2. The Labute approximate surface area is 256 Å². The Kier molecular flexibility index (Phi) is 10.6. The van der Waals surface area contributed by atoms with Gasteiger partial charge >= 0.3 is 5.97 Å². The Balaban J connectivity index is 1.60. The van der Waals surface area contributed by atoms with Crippen molar-refractivity contribution in [3.05, 3.63) is 65.0 Å². The monoisotopic (exact) mass is 628 g/mol. The molecule has 0 radical (unpaired) electrons. The molecule has 12 nitrogen and oxygen atoms in total. The summed E-state index contributed by atoms with van der Waals surface area (Å²) in [5, 5.41) is 7.60. The van der Waals surface area contributed by atoms with Crippen LogP contribution in [0.4, 0.5) is 10.1 Å². The van der Waals surface area contributed by atoms with Crippen molar-refractivity contribution in [2.45, 2.75) is 38.7 Å². The minimum Gasteiger partial charge on any atom is -0.489 e. The lowest BCUT2D eigenvalue weighted by Gasteiger charge is -2.34. The maximum absolute atomic E-state index is 15.4. The molecule has 2 aromatic rings. The van der Waals surface area contributed by atoms with Crippen LogP contribution in [-0.2, 0) is 19.6 Å². The number of amidine groups is 2. The van der Waals surface area contributed by atoms with Gasteiger partial charge in [0.15, 0.2) is 5.75 Å². The lowest BCUT2D eigenvalue weighted by Crippen LogP contribution is -2.41. The standard InChI is InChI=1S/C30H37FN6O6S/c1-2-42-28(38)19-44(40,41)37(18-22(31)16-20-5-3-6-21(15-20)29(32)33)23-8-9-26(25(17-23)30(34)39)43-24-10-13-36(14-11-24)27-7-4-12-35-27/h3,5-6,8-9,15-17,24H,2,4,7,10-14,18-19H2,1H3,(H3,32,33)(H2,34,39)/b22-16-. The van der Waals surface area contributed by atoms with Gasteiger partial charge in [0, 0.05) is 44.5 Å². The van der Waals surface area contributed by atoms with Crippen LogP contribution in [0.5, 0.6) is 5.75 Å². The van der Waals surface area contributed by atoms with E-state index in [4.69, 9.17) is 26.4 Å². The van der Waals surface area contributed by atoms with Crippen LogP contribution in [-0.4, -0.2) is 81.5 Å². The second kappa shape index (κ2) is 14.3. The minimum atomic E-state index is -4.49. The van der Waals surface area contributed by atoms with Gasteiger partial charge in [-0.15, -0.1) is 0 Å². The fourth-order valence-electron chi connectivity index (χ4n) is 5.10. The highest BCUT2D eigenvalue weighted by molar-refractivity contribution is 7.93. The molecule has 2 aliphatic rings. The molecule has 2 heterocycles. The van der Waals surface area contributed by atoms with Gasteiger partial charge in [-0.2, -0.15) is 0 Å². The number of halogens is 1. The molecular weight excluding hydrogens is 591 g/mol. The van der Waals surface area contributed by atoms with E-state index in [2.05, 4.69) is 9.89 Å². The van der Waals surface area contributed by atoms with Crippen molar-refractivity contribution in [3.8, 4) is 5.75 Å². The summed E-state index contributed by atoms with van der Waals surface area (Å²) in [6.45, 7) is 3.05. The van der Waals surface area contributed by atoms with E-state index in [0.29, 0.717) is 28.3 Å². The molecule has 14 heteroatoms. The van der Waals surface area contributed by atoms with E-state index in [1.807, 2.05) is 0 Å². The van der Waals surface area contributed by atoms with Crippen LogP contribution in [0, 0.1) is 5.41 Å². The smallest absolute Gasteiger partial charge is 0.323 e. The fourth-order valence-corrected chi connectivity index (χ4v) is 6.39. The average molecular weight is 629 g/mol. The van der Waals surface area contributed by atoms with E-state index in [1.165, 1.54) is 31.2 Å². The summed E-state index contributed by atoms with van der Waals surface area (Å²) < 4.78 is 53.8. The molecule has 4 rings (SSSR count). The number of nitrogens with two attached hydrogens (primary N) is 2. The summed E-state index contributed by atoms with van der Waals surface area (Å²) in [4.78, 5) is 31.4. The Bertz CT molecular complexity index is 1570. The number of aliphatic imine (C=N–C) groups is 1. The molecule has 44 heavy (non-hydrogen) atoms. The van der Waals surface area contributed by atoms with Gasteiger partial charge in [-0.05, 0) is 49.2 Å². The molecule has 0 atom stereocenters. The summed E-state index contributed by atoms with van der Waals surface area (Å²) >= 11 is 0. The van der Waals surface area contributed by atoms with Crippen molar-refractivity contribution >= 4 is 45.3 Å². The lowest BCUT2D eigenvalue weighted by molar-refractivity contribution is -0.139. The van der Waals surface area contributed by atoms with Crippen LogP contribution in [0.1, 0.15) is 54.1 Å². The van der Waals surface area contributed by atoms with Crippen LogP contribution < -0.4 is 20.5 Å². The summed E-state index contributed by atoms with van der Waals surface area (Å²) in [5.41, 5.74) is 11.7. The summed E-state index contributed by atoms with van der Waals surface area (Å²) in [5.74, 6) is -2.73. The third kappa shape index (κ3) is 8.34. The van der Waals surface area contributed by atoms with Gasteiger partial charge in [0.1, 0.15) is 23.5 Å². The number of piperidine rings is 1. The number of esters is 1. The zero-order chi connectivity index (χ0) is 31.9. The zero-order valence-electron chi connectivity index (χ0n) is 24.5. The van der Waals surface area contributed by atoms with Gasteiger partial charge in [-0.1, -0.05) is 18.2 Å². The van der Waals surface area contributed by atoms with Crippen LogP contribution in [0.2, 0.25) is 0 Å².